The Labute approximate surface area is 118 Å². The number of pyridine rings is 1. The molecule has 1 aromatic heterocycles. The Morgan fingerprint density at radius 2 is 2.32 bits per heavy atom. The van der Waals surface area contributed by atoms with Gasteiger partial charge in [0.05, 0.1) is 5.41 Å². The maximum absolute atomic E-state index is 11.4. The molecule has 2 rings (SSSR count). The van der Waals surface area contributed by atoms with Gasteiger partial charge in [0.25, 0.3) is 0 Å². The van der Waals surface area contributed by atoms with E-state index in [-0.39, 0.29) is 5.91 Å². The number of carbonyl (C=O) groups is 1. The molecule has 1 fully saturated rings. The van der Waals surface area contributed by atoms with Crippen LogP contribution in [0.25, 0.3) is 0 Å². The average Bonchev–Trinajstić information content (AvgIpc) is 2.73. The zero-order chi connectivity index (χ0) is 14.0. The van der Waals surface area contributed by atoms with Gasteiger partial charge in [-0.3, -0.25) is 14.7 Å². The number of likely N-dealkylation sites (tertiary alicyclic amines) is 1. The topological polar surface area (TPSA) is 85.2 Å². The molecule has 0 aliphatic carbocycles. The fourth-order valence-electron chi connectivity index (χ4n) is 2.42. The lowest BCUT2D eigenvalue weighted by molar-refractivity contribution is -0.126. The highest BCUT2D eigenvalue weighted by Crippen LogP contribution is 2.30. The fourth-order valence-corrected chi connectivity index (χ4v) is 2.61. The van der Waals surface area contributed by atoms with Crippen molar-refractivity contribution in [2.24, 2.45) is 16.9 Å². The first-order chi connectivity index (χ1) is 8.92. The molecule has 1 atom stereocenters. The lowest BCUT2D eigenvalue weighted by atomic mass is 9.89. The molecular formula is C13H18N4OS. The number of hydrogen-bond donors (Lipinski definition) is 2. The molecule has 0 bridgehead atoms. The van der Waals surface area contributed by atoms with Gasteiger partial charge in [0.15, 0.2) is 0 Å². The van der Waals surface area contributed by atoms with Crippen molar-refractivity contribution in [3.8, 4) is 0 Å². The summed E-state index contributed by atoms with van der Waals surface area (Å²) in [6, 6.07) is 3.82. The van der Waals surface area contributed by atoms with Crippen LogP contribution in [0.1, 0.15) is 24.6 Å². The first-order valence-electron chi connectivity index (χ1n) is 6.18. The van der Waals surface area contributed by atoms with Crippen LogP contribution < -0.4 is 11.5 Å². The molecular weight excluding hydrogens is 260 g/mol. The molecule has 1 aromatic rings. The summed E-state index contributed by atoms with van der Waals surface area (Å²) < 4.78 is 0. The number of primary amides is 1. The molecule has 1 saturated heterocycles. The van der Waals surface area contributed by atoms with Crippen LogP contribution in [-0.2, 0) is 11.3 Å². The Hall–Kier alpha value is -1.53. The third-order valence-corrected chi connectivity index (χ3v) is 3.86. The van der Waals surface area contributed by atoms with Crippen LogP contribution in [-0.4, -0.2) is 33.9 Å². The van der Waals surface area contributed by atoms with Crippen LogP contribution in [0.4, 0.5) is 0 Å². The van der Waals surface area contributed by atoms with E-state index in [1.165, 1.54) is 0 Å². The van der Waals surface area contributed by atoms with E-state index in [1.807, 2.05) is 19.1 Å². The number of carbonyl (C=O) groups excluding carboxylic acids is 1. The molecule has 5 nitrogen and oxygen atoms in total. The van der Waals surface area contributed by atoms with Gasteiger partial charge in [-0.1, -0.05) is 18.3 Å². The summed E-state index contributed by atoms with van der Waals surface area (Å²) in [4.78, 5) is 18.1. The van der Waals surface area contributed by atoms with Gasteiger partial charge in [-0.2, -0.15) is 0 Å². The van der Waals surface area contributed by atoms with E-state index in [0.29, 0.717) is 23.8 Å². The fraction of sp³-hybridized carbons (Fsp3) is 0.462. The number of rotatable bonds is 4. The Morgan fingerprint density at radius 3 is 2.89 bits per heavy atom. The van der Waals surface area contributed by atoms with E-state index in [2.05, 4.69) is 9.88 Å². The van der Waals surface area contributed by atoms with Crippen molar-refractivity contribution in [3.63, 3.8) is 0 Å². The van der Waals surface area contributed by atoms with Crippen molar-refractivity contribution in [2.75, 3.05) is 13.1 Å². The molecule has 4 N–H and O–H groups in total. The highest BCUT2D eigenvalue weighted by atomic mass is 32.1. The van der Waals surface area contributed by atoms with Gasteiger partial charge in [0.2, 0.25) is 5.91 Å². The highest BCUT2D eigenvalue weighted by Gasteiger charge is 2.38. The molecule has 6 heteroatoms. The van der Waals surface area contributed by atoms with E-state index in [1.54, 1.807) is 6.20 Å². The second-order valence-corrected chi connectivity index (χ2v) is 5.70. The minimum absolute atomic E-state index is 0.240. The highest BCUT2D eigenvalue weighted by molar-refractivity contribution is 7.80. The Morgan fingerprint density at radius 1 is 1.58 bits per heavy atom. The molecule has 2 heterocycles. The number of thiocarbonyl (C=S) groups is 1. The van der Waals surface area contributed by atoms with Gasteiger partial charge in [-0.25, -0.2) is 0 Å². The lowest BCUT2D eigenvalue weighted by Gasteiger charge is -2.21. The first kappa shape index (κ1) is 13.9. The van der Waals surface area contributed by atoms with E-state index in [0.717, 1.165) is 18.5 Å². The summed E-state index contributed by atoms with van der Waals surface area (Å²) in [5.74, 6) is -0.240. The molecule has 102 valence electrons. The van der Waals surface area contributed by atoms with E-state index in [9.17, 15) is 4.79 Å². The van der Waals surface area contributed by atoms with Gasteiger partial charge in [-0.15, -0.1) is 0 Å². The molecule has 0 saturated carbocycles. The van der Waals surface area contributed by atoms with Crippen molar-refractivity contribution in [2.45, 2.75) is 19.9 Å². The normalized spacial score (nSPS) is 23.4. The molecule has 0 radical (unpaired) electrons. The Bertz CT molecular complexity index is 519. The quantitative estimate of drug-likeness (QED) is 0.779. The van der Waals surface area contributed by atoms with Crippen LogP contribution in [0, 0.1) is 5.41 Å². The number of hydrogen-bond acceptors (Lipinski definition) is 4. The van der Waals surface area contributed by atoms with E-state index < -0.39 is 5.41 Å². The van der Waals surface area contributed by atoms with E-state index in [4.69, 9.17) is 23.7 Å². The predicted molar refractivity (Wildman–Crippen MR) is 77.3 cm³/mol. The third-order valence-electron chi connectivity index (χ3n) is 3.67. The molecule has 1 aliphatic heterocycles. The van der Waals surface area contributed by atoms with Crippen molar-refractivity contribution in [1.82, 2.24) is 9.88 Å². The van der Waals surface area contributed by atoms with Crippen molar-refractivity contribution in [1.29, 1.82) is 0 Å². The second-order valence-electron chi connectivity index (χ2n) is 5.26. The van der Waals surface area contributed by atoms with Crippen molar-refractivity contribution in [3.05, 3.63) is 29.6 Å². The summed E-state index contributed by atoms with van der Waals surface area (Å²) in [6.45, 7) is 4.09. The smallest absolute Gasteiger partial charge is 0.224 e. The van der Waals surface area contributed by atoms with Gasteiger partial charge < -0.3 is 11.5 Å². The molecule has 19 heavy (non-hydrogen) atoms. The molecule has 1 aliphatic rings. The standard InChI is InChI=1S/C13H18N4OS/c1-13(12(15)18)4-6-17(8-13)7-9-3-2-5-16-10(9)11(14)19/h2-3,5H,4,6-8H2,1H3,(H2,14,19)(H2,15,18). The number of amides is 1. The maximum atomic E-state index is 11.4. The van der Waals surface area contributed by atoms with Crippen molar-refractivity contribution >= 4 is 23.1 Å². The van der Waals surface area contributed by atoms with Crippen molar-refractivity contribution < 1.29 is 4.79 Å². The van der Waals surface area contributed by atoms with Crippen LogP contribution in [0.3, 0.4) is 0 Å². The van der Waals surface area contributed by atoms with Gasteiger partial charge in [-0.05, 0) is 31.5 Å². The molecule has 1 unspecified atom stereocenters. The minimum atomic E-state index is -0.439. The third kappa shape index (κ3) is 2.90. The Balaban J connectivity index is 2.12. The first-order valence-corrected chi connectivity index (χ1v) is 6.59. The van der Waals surface area contributed by atoms with Crippen LogP contribution >= 0.6 is 12.2 Å². The molecule has 0 spiro atoms. The van der Waals surface area contributed by atoms with Crippen LogP contribution in [0.5, 0.6) is 0 Å². The van der Waals surface area contributed by atoms with Gasteiger partial charge >= 0.3 is 0 Å². The number of aromatic nitrogens is 1. The number of nitrogens with two attached hydrogens (primary N) is 2. The Kier molecular flexibility index (Phi) is 3.82. The summed E-state index contributed by atoms with van der Waals surface area (Å²) in [5.41, 5.74) is 12.3. The lowest BCUT2D eigenvalue weighted by Crippen LogP contribution is -2.37. The number of nitrogens with zero attached hydrogens (tertiary/aromatic N) is 2. The predicted octanol–water partition coefficient (Wildman–Crippen LogP) is 0.413. The summed E-state index contributed by atoms with van der Waals surface area (Å²) >= 11 is 5.00. The minimum Gasteiger partial charge on any atom is -0.388 e. The van der Waals surface area contributed by atoms with Gasteiger partial charge in [0, 0.05) is 19.3 Å². The second kappa shape index (κ2) is 5.22. The van der Waals surface area contributed by atoms with Gasteiger partial charge in [0.1, 0.15) is 10.7 Å². The van der Waals surface area contributed by atoms with E-state index >= 15 is 0 Å². The van der Waals surface area contributed by atoms with Crippen LogP contribution in [0.2, 0.25) is 0 Å². The zero-order valence-corrected chi connectivity index (χ0v) is 11.7. The average molecular weight is 278 g/mol. The largest absolute Gasteiger partial charge is 0.388 e. The summed E-state index contributed by atoms with van der Waals surface area (Å²) in [6.07, 6.45) is 2.46. The SMILES string of the molecule is CC1(C(N)=O)CCN(Cc2cccnc2C(N)=S)C1. The maximum Gasteiger partial charge on any atom is 0.224 e. The summed E-state index contributed by atoms with van der Waals surface area (Å²) in [5, 5.41) is 0. The summed E-state index contributed by atoms with van der Waals surface area (Å²) in [7, 11) is 0. The zero-order valence-electron chi connectivity index (χ0n) is 10.9. The molecule has 0 aromatic carbocycles. The van der Waals surface area contributed by atoms with Crippen LogP contribution in [0.15, 0.2) is 18.3 Å². The monoisotopic (exact) mass is 278 g/mol. The molecule has 1 amide bonds.